The summed E-state index contributed by atoms with van der Waals surface area (Å²) in [5.41, 5.74) is 0.767. The van der Waals surface area contributed by atoms with Crippen molar-refractivity contribution >= 4 is 11.7 Å². The SMILES string of the molecule is CCOC(=O)C1(C)CC(c2ccccc2)=NO1. The largest absolute Gasteiger partial charge is 0.463 e. The lowest BCUT2D eigenvalue weighted by molar-refractivity contribution is -0.166. The molecular formula is C13H15NO3. The average Bonchev–Trinajstić information content (AvgIpc) is 2.75. The molecule has 0 fully saturated rings. The molecular weight excluding hydrogens is 218 g/mol. The van der Waals surface area contributed by atoms with Gasteiger partial charge in [-0.05, 0) is 19.4 Å². The first-order valence-corrected chi connectivity index (χ1v) is 5.63. The topological polar surface area (TPSA) is 47.9 Å². The van der Waals surface area contributed by atoms with Gasteiger partial charge in [-0.3, -0.25) is 0 Å². The summed E-state index contributed by atoms with van der Waals surface area (Å²) in [5.74, 6) is -0.366. The van der Waals surface area contributed by atoms with Crippen LogP contribution in [0.4, 0.5) is 0 Å². The van der Waals surface area contributed by atoms with Gasteiger partial charge in [0.2, 0.25) is 5.60 Å². The van der Waals surface area contributed by atoms with Gasteiger partial charge in [-0.1, -0.05) is 35.5 Å². The highest BCUT2D eigenvalue weighted by Gasteiger charge is 2.43. The smallest absolute Gasteiger partial charge is 0.353 e. The van der Waals surface area contributed by atoms with Crippen LogP contribution in [0.15, 0.2) is 35.5 Å². The number of nitrogens with zero attached hydrogens (tertiary/aromatic N) is 1. The zero-order chi connectivity index (χ0) is 12.3. The van der Waals surface area contributed by atoms with Crippen LogP contribution in [0, 0.1) is 0 Å². The van der Waals surface area contributed by atoms with E-state index in [1.807, 2.05) is 30.3 Å². The highest BCUT2D eigenvalue weighted by molar-refractivity contribution is 6.04. The van der Waals surface area contributed by atoms with E-state index in [1.54, 1.807) is 13.8 Å². The van der Waals surface area contributed by atoms with Gasteiger partial charge in [0.1, 0.15) is 0 Å². The Kier molecular flexibility index (Phi) is 3.13. The highest BCUT2D eigenvalue weighted by atomic mass is 16.7. The van der Waals surface area contributed by atoms with Crippen LogP contribution in [0.1, 0.15) is 25.8 Å². The molecule has 0 aliphatic carbocycles. The molecule has 1 aliphatic heterocycles. The van der Waals surface area contributed by atoms with Gasteiger partial charge in [0.25, 0.3) is 0 Å². The Morgan fingerprint density at radius 3 is 2.82 bits per heavy atom. The van der Waals surface area contributed by atoms with Crippen LogP contribution < -0.4 is 0 Å². The maximum absolute atomic E-state index is 11.7. The lowest BCUT2D eigenvalue weighted by atomic mass is 9.96. The zero-order valence-corrected chi connectivity index (χ0v) is 9.97. The molecule has 4 heteroatoms. The molecule has 1 unspecified atom stereocenters. The number of oxime groups is 1. The van der Waals surface area contributed by atoms with Crippen molar-refractivity contribution in [2.45, 2.75) is 25.9 Å². The first-order chi connectivity index (χ1) is 8.15. The molecule has 1 aromatic carbocycles. The Hall–Kier alpha value is -1.84. The van der Waals surface area contributed by atoms with E-state index in [2.05, 4.69) is 5.16 Å². The number of carbonyl (C=O) groups excluding carboxylic acids is 1. The van der Waals surface area contributed by atoms with E-state index in [9.17, 15) is 4.79 Å². The van der Waals surface area contributed by atoms with Gasteiger partial charge in [-0.25, -0.2) is 4.79 Å². The van der Waals surface area contributed by atoms with Crippen molar-refractivity contribution in [3.8, 4) is 0 Å². The molecule has 0 spiro atoms. The molecule has 1 atom stereocenters. The van der Waals surface area contributed by atoms with E-state index < -0.39 is 5.60 Å². The highest BCUT2D eigenvalue weighted by Crippen LogP contribution is 2.27. The van der Waals surface area contributed by atoms with Crippen LogP contribution in [0.25, 0.3) is 0 Å². The quantitative estimate of drug-likeness (QED) is 0.751. The maximum atomic E-state index is 11.7. The Bertz CT molecular complexity index is 441. The van der Waals surface area contributed by atoms with Crippen molar-refractivity contribution in [1.29, 1.82) is 0 Å². The van der Waals surface area contributed by atoms with E-state index in [1.165, 1.54) is 0 Å². The van der Waals surface area contributed by atoms with Gasteiger partial charge in [-0.2, -0.15) is 0 Å². The molecule has 0 saturated carbocycles. The second kappa shape index (κ2) is 4.57. The molecule has 90 valence electrons. The standard InChI is InChI=1S/C13H15NO3/c1-3-16-12(15)13(2)9-11(14-17-13)10-7-5-4-6-8-10/h4-8H,3,9H2,1-2H3. The van der Waals surface area contributed by atoms with Gasteiger partial charge < -0.3 is 9.57 Å². The minimum absolute atomic E-state index is 0.346. The van der Waals surface area contributed by atoms with Gasteiger partial charge in [0, 0.05) is 6.42 Å². The Labute approximate surface area is 100 Å². The van der Waals surface area contributed by atoms with E-state index in [-0.39, 0.29) is 5.97 Å². The molecule has 1 aromatic rings. The van der Waals surface area contributed by atoms with E-state index in [0.717, 1.165) is 11.3 Å². The van der Waals surface area contributed by atoms with Gasteiger partial charge >= 0.3 is 5.97 Å². The lowest BCUT2D eigenvalue weighted by Crippen LogP contribution is -2.37. The summed E-state index contributed by atoms with van der Waals surface area (Å²) in [4.78, 5) is 17.0. The summed E-state index contributed by atoms with van der Waals surface area (Å²) < 4.78 is 4.98. The molecule has 0 saturated heterocycles. The van der Waals surface area contributed by atoms with Gasteiger partial charge in [0.05, 0.1) is 12.3 Å². The van der Waals surface area contributed by atoms with Crippen LogP contribution in [-0.4, -0.2) is 23.9 Å². The van der Waals surface area contributed by atoms with Crippen LogP contribution >= 0.6 is 0 Å². The van der Waals surface area contributed by atoms with Crippen molar-refractivity contribution in [3.63, 3.8) is 0 Å². The molecule has 2 rings (SSSR count). The van der Waals surface area contributed by atoms with Crippen LogP contribution in [0.3, 0.4) is 0 Å². The second-order valence-electron chi connectivity index (χ2n) is 4.12. The Morgan fingerprint density at radius 1 is 1.47 bits per heavy atom. The van der Waals surface area contributed by atoms with E-state index in [0.29, 0.717) is 13.0 Å². The summed E-state index contributed by atoms with van der Waals surface area (Å²) in [5, 5.41) is 3.98. The van der Waals surface area contributed by atoms with Crippen LogP contribution in [0.2, 0.25) is 0 Å². The third kappa shape index (κ3) is 2.30. The van der Waals surface area contributed by atoms with Crippen molar-refractivity contribution in [2.75, 3.05) is 6.61 Å². The van der Waals surface area contributed by atoms with Gasteiger partial charge in [0.15, 0.2) is 0 Å². The minimum atomic E-state index is -0.985. The number of benzene rings is 1. The normalized spacial score (nSPS) is 22.8. The first-order valence-electron chi connectivity index (χ1n) is 5.63. The zero-order valence-electron chi connectivity index (χ0n) is 9.97. The third-order valence-electron chi connectivity index (χ3n) is 2.68. The summed E-state index contributed by atoms with van der Waals surface area (Å²) >= 11 is 0. The third-order valence-corrected chi connectivity index (χ3v) is 2.68. The first kappa shape index (κ1) is 11.6. The number of ether oxygens (including phenoxy) is 1. The summed E-state index contributed by atoms with van der Waals surface area (Å²) in [6.07, 6.45) is 0.440. The molecule has 4 nitrogen and oxygen atoms in total. The molecule has 0 radical (unpaired) electrons. The summed E-state index contributed by atoms with van der Waals surface area (Å²) in [6.45, 7) is 3.82. The van der Waals surface area contributed by atoms with E-state index in [4.69, 9.17) is 9.57 Å². The second-order valence-corrected chi connectivity index (χ2v) is 4.12. The number of esters is 1. The van der Waals surface area contributed by atoms with Crippen molar-refractivity contribution < 1.29 is 14.4 Å². The monoisotopic (exact) mass is 233 g/mol. The number of rotatable bonds is 3. The van der Waals surface area contributed by atoms with E-state index >= 15 is 0 Å². The molecule has 17 heavy (non-hydrogen) atoms. The molecule has 0 bridgehead atoms. The number of hydrogen-bond acceptors (Lipinski definition) is 4. The van der Waals surface area contributed by atoms with Crippen molar-refractivity contribution in [2.24, 2.45) is 5.16 Å². The van der Waals surface area contributed by atoms with Crippen molar-refractivity contribution in [1.82, 2.24) is 0 Å². The molecule has 1 aliphatic rings. The lowest BCUT2D eigenvalue weighted by Gasteiger charge is -2.18. The summed E-state index contributed by atoms with van der Waals surface area (Å²) in [6, 6.07) is 9.68. The maximum Gasteiger partial charge on any atom is 0.353 e. The summed E-state index contributed by atoms with van der Waals surface area (Å²) in [7, 11) is 0. The average molecular weight is 233 g/mol. The fourth-order valence-electron chi connectivity index (χ4n) is 1.72. The predicted octanol–water partition coefficient (Wildman–Crippen LogP) is 2.13. The fourth-order valence-corrected chi connectivity index (χ4v) is 1.72. The van der Waals surface area contributed by atoms with Crippen LogP contribution in [0.5, 0.6) is 0 Å². The van der Waals surface area contributed by atoms with Gasteiger partial charge in [-0.15, -0.1) is 0 Å². The number of hydrogen-bond donors (Lipinski definition) is 0. The van der Waals surface area contributed by atoms with Crippen LogP contribution in [-0.2, 0) is 14.4 Å². The molecule has 0 amide bonds. The Morgan fingerprint density at radius 2 is 2.18 bits per heavy atom. The molecule has 0 N–H and O–H groups in total. The number of carbonyl (C=O) groups is 1. The Balaban J connectivity index is 2.11. The molecule has 1 heterocycles. The predicted molar refractivity (Wildman–Crippen MR) is 63.7 cm³/mol. The fraction of sp³-hybridized carbons (Fsp3) is 0.385. The minimum Gasteiger partial charge on any atom is -0.463 e. The van der Waals surface area contributed by atoms with Crippen molar-refractivity contribution in [3.05, 3.63) is 35.9 Å². The molecule has 0 aromatic heterocycles.